The van der Waals surface area contributed by atoms with Gasteiger partial charge >= 0.3 is 5.97 Å². The van der Waals surface area contributed by atoms with Crippen LogP contribution >= 0.6 is 24.0 Å². The van der Waals surface area contributed by atoms with Crippen molar-refractivity contribution in [2.24, 2.45) is 16.8 Å². The molecule has 0 saturated carbocycles. The lowest BCUT2D eigenvalue weighted by Crippen LogP contribution is -2.40. The molecule has 2 N–H and O–H groups in total. The maximum atomic E-state index is 11.9. The number of anilines is 1. The molecule has 0 aliphatic carbocycles. The molecule has 1 fully saturated rings. The number of hydrogen-bond acceptors (Lipinski definition) is 4. The molecule has 1 aliphatic heterocycles. The fourth-order valence-corrected chi connectivity index (χ4v) is 3.08. The third-order valence-corrected chi connectivity index (χ3v) is 4.45. The molecular weight excluding hydrogens is 443 g/mol. The number of nitrogens with one attached hydrogen (secondary N) is 2. The zero-order valence-corrected chi connectivity index (χ0v) is 18.2. The van der Waals surface area contributed by atoms with Crippen LogP contribution in [0.2, 0.25) is 0 Å². The number of halogens is 1. The average molecular weight is 474 g/mol. The van der Waals surface area contributed by atoms with Crippen molar-refractivity contribution in [2.45, 2.75) is 20.3 Å². The molecule has 0 bridgehead atoms. The number of carbonyl (C=O) groups is 1. The number of aliphatic imine (C=N–C) groups is 1. The largest absolute Gasteiger partial charge is 0.469 e. The van der Waals surface area contributed by atoms with E-state index in [9.17, 15) is 4.79 Å². The summed E-state index contributed by atoms with van der Waals surface area (Å²) in [5.41, 5.74) is 1.13. The summed E-state index contributed by atoms with van der Waals surface area (Å²) >= 11 is 0. The zero-order chi connectivity index (χ0) is 18.1. The molecule has 26 heavy (non-hydrogen) atoms. The minimum absolute atomic E-state index is 0. The van der Waals surface area contributed by atoms with Crippen molar-refractivity contribution >= 4 is 41.6 Å². The van der Waals surface area contributed by atoms with Gasteiger partial charge in [0.2, 0.25) is 0 Å². The van der Waals surface area contributed by atoms with E-state index in [1.807, 2.05) is 18.2 Å². The Balaban J connectivity index is 0.00000338. The Morgan fingerprint density at radius 3 is 2.69 bits per heavy atom. The van der Waals surface area contributed by atoms with Crippen molar-refractivity contribution in [1.82, 2.24) is 10.2 Å². The van der Waals surface area contributed by atoms with Crippen molar-refractivity contribution in [1.29, 1.82) is 0 Å². The second-order valence-corrected chi connectivity index (χ2v) is 6.39. The van der Waals surface area contributed by atoms with Crippen molar-refractivity contribution in [3.05, 3.63) is 30.3 Å². The Morgan fingerprint density at radius 1 is 1.31 bits per heavy atom. The number of esters is 1. The second kappa shape index (κ2) is 12.0. The van der Waals surface area contributed by atoms with Gasteiger partial charge in [-0.3, -0.25) is 9.79 Å². The van der Waals surface area contributed by atoms with Gasteiger partial charge in [0.05, 0.1) is 13.0 Å². The zero-order valence-electron chi connectivity index (χ0n) is 15.9. The SMILES string of the molecule is CCNC(=NCCCNc1ccccc1)N1CC(C)C(C(=O)OC)C1.I. The molecule has 1 heterocycles. The van der Waals surface area contributed by atoms with Gasteiger partial charge in [-0.05, 0) is 31.4 Å². The third-order valence-electron chi connectivity index (χ3n) is 4.45. The number of hydrogen-bond donors (Lipinski definition) is 2. The van der Waals surface area contributed by atoms with Crippen molar-refractivity contribution in [3.8, 4) is 0 Å². The first-order valence-corrected chi connectivity index (χ1v) is 9.05. The second-order valence-electron chi connectivity index (χ2n) is 6.39. The van der Waals surface area contributed by atoms with Crippen LogP contribution in [0.3, 0.4) is 0 Å². The molecular formula is C19H31IN4O2. The van der Waals surface area contributed by atoms with Crippen LogP contribution in [0.4, 0.5) is 5.69 Å². The van der Waals surface area contributed by atoms with E-state index in [-0.39, 0.29) is 41.8 Å². The fraction of sp³-hybridized carbons (Fsp3) is 0.579. The summed E-state index contributed by atoms with van der Waals surface area (Å²) in [7, 11) is 1.46. The molecule has 2 unspecified atom stereocenters. The highest BCUT2D eigenvalue weighted by molar-refractivity contribution is 14.0. The fourth-order valence-electron chi connectivity index (χ4n) is 3.08. The van der Waals surface area contributed by atoms with Gasteiger partial charge in [-0.15, -0.1) is 24.0 Å². The normalized spacial score (nSPS) is 19.7. The average Bonchev–Trinajstić information content (AvgIpc) is 3.02. The number of para-hydroxylation sites is 1. The Labute approximate surface area is 173 Å². The van der Waals surface area contributed by atoms with Crippen LogP contribution in [0.15, 0.2) is 35.3 Å². The maximum Gasteiger partial charge on any atom is 0.310 e. The molecule has 1 aliphatic rings. The Kier molecular flexibility index (Phi) is 10.4. The van der Waals surface area contributed by atoms with E-state index in [1.165, 1.54) is 7.11 Å². The standard InChI is InChI=1S/C19H30N4O2.HI/c1-4-20-19(23-13-15(2)17(14-23)18(24)25-3)22-12-8-11-21-16-9-6-5-7-10-16;/h5-7,9-10,15,17,21H,4,8,11-14H2,1-3H3,(H,20,22);1H. The third kappa shape index (κ3) is 6.66. The van der Waals surface area contributed by atoms with Crippen molar-refractivity contribution in [2.75, 3.05) is 45.2 Å². The van der Waals surface area contributed by atoms with Gasteiger partial charge in [-0.25, -0.2) is 0 Å². The molecule has 1 aromatic carbocycles. The van der Waals surface area contributed by atoms with Gasteiger partial charge in [0.25, 0.3) is 0 Å². The molecule has 0 radical (unpaired) electrons. The Bertz CT molecular complexity index is 568. The summed E-state index contributed by atoms with van der Waals surface area (Å²) in [6.07, 6.45) is 0.952. The smallest absolute Gasteiger partial charge is 0.310 e. The summed E-state index contributed by atoms with van der Waals surface area (Å²) in [4.78, 5) is 18.8. The Morgan fingerprint density at radius 2 is 2.04 bits per heavy atom. The van der Waals surface area contributed by atoms with Gasteiger partial charge < -0.3 is 20.3 Å². The lowest BCUT2D eigenvalue weighted by Gasteiger charge is -2.21. The van der Waals surface area contributed by atoms with E-state index in [1.54, 1.807) is 0 Å². The lowest BCUT2D eigenvalue weighted by molar-refractivity contribution is -0.145. The number of ether oxygens (including phenoxy) is 1. The van der Waals surface area contributed by atoms with Crippen LogP contribution in [0.25, 0.3) is 0 Å². The molecule has 0 spiro atoms. The highest BCUT2D eigenvalue weighted by atomic mass is 127. The van der Waals surface area contributed by atoms with E-state index >= 15 is 0 Å². The Hall–Kier alpha value is -1.51. The van der Waals surface area contributed by atoms with Gasteiger partial charge in [0.15, 0.2) is 5.96 Å². The van der Waals surface area contributed by atoms with E-state index in [0.29, 0.717) is 6.54 Å². The number of benzene rings is 1. The van der Waals surface area contributed by atoms with Gasteiger partial charge in [-0.2, -0.15) is 0 Å². The predicted molar refractivity (Wildman–Crippen MR) is 117 cm³/mol. The molecule has 146 valence electrons. The molecule has 1 saturated heterocycles. The predicted octanol–water partition coefficient (Wildman–Crippen LogP) is 2.81. The monoisotopic (exact) mass is 474 g/mol. The first-order valence-electron chi connectivity index (χ1n) is 9.05. The summed E-state index contributed by atoms with van der Waals surface area (Å²) in [6, 6.07) is 10.2. The lowest BCUT2D eigenvalue weighted by atomic mass is 9.99. The topological polar surface area (TPSA) is 66.0 Å². The van der Waals surface area contributed by atoms with Gasteiger partial charge in [-0.1, -0.05) is 25.1 Å². The highest BCUT2D eigenvalue weighted by Gasteiger charge is 2.36. The molecule has 2 atom stereocenters. The quantitative estimate of drug-likeness (QED) is 0.209. The van der Waals surface area contributed by atoms with Crippen LogP contribution in [0.1, 0.15) is 20.3 Å². The van der Waals surface area contributed by atoms with E-state index in [0.717, 1.165) is 44.2 Å². The van der Waals surface area contributed by atoms with Crippen molar-refractivity contribution < 1.29 is 9.53 Å². The number of guanidine groups is 1. The van der Waals surface area contributed by atoms with Crippen LogP contribution in [-0.2, 0) is 9.53 Å². The minimum Gasteiger partial charge on any atom is -0.469 e. The number of carbonyl (C=O) groups excluding carboxylic acids is 1. The summed E-state index contributed by atoms with van der Waals surface area (Å²) in [5, 5.41) is 6.73. The summed E-state index contributed by atoms with van der Waals surface area (Å²) in [6.45, 7) is 8.09. The molecule has 0 amide bonds. The van der Waals surface area contributed by atoms with Crippen molar-refractivity contribution in [3.63, 3.8) is 0 Å². The summed E-state index contributed by atoms with van der Waals surface area (Å²) < 4.78 is 4.91. The number of methoxy groups -OCH3 is 1. The van der Waals surface area contributed by atoms with E-state index in [2.05, 4.69) is 41.5 Å². The number of likely N-dealkylation sites (tertiary alicyclic amines) is 1. The molecule has 1 aromatic rings. The maximum absolute atomic E-state index is 11.9. The van der Waals surface area contributed by atoms with Crippen LogP contribution in [0, 0.1) is 11.8 Å². The number of rotatable bonds is 7. The summed E-state index contributed by atoms with van der Waals surface area (Å²) in [5.74, 6) is 0.961. The van der Waals surface area contributed by atoms with Gasteiger partial charge in [0.1, 0.15) is 0 Å². The van der Waals surface area contributed by atoms with Crippen LogP contribution in [0.5, 0.6) is 0 Å². The molecule has 7 heteroatoms. The minimum atomic E-state index is -0.127. The van der Waals surface area contributed by atoms with Crippen LogP contribution in [-0.4, -0.2) is 56.7 Å². The first-order chi connectivity index (χ1) is 12.2. The van der Waals surface area contributed by atoms with Gasteiger partial charge in [0, 0.05) is 38.4 Å². The van der Waals surface area contributed by atoms with E-state index < -0.39 is 0 Å². The number of nitrogens with zero attached hydrogens (tertiary/aromatic N) is 2. The molecule has 2 rings (SSSR count). The molecule has 6 nitrogen and oxygen atoms in total. The molecule has 0 aromatic heterocycles. The highest BCUT2D eigenvalue weighted by Crippen LogP contribution is 2.24. The first kappa shape index (κ1) is 22.5. The van der Waals surface area contributed by atoms with Crippen LogP contribution < -0.4 is 10.6 Å². The van der Waals surface area contributed by atoms with E-state index in [4.69, 9.17) is 9.73 Å².